The number of amides is 1. The first-order valence-electron chi connectivity index (χ1n) is 10.1. The zero-order valence-electron chi connectivity index (χ0n) is 17.4. The maximum Gasteiger partial charge on any atom is 0.460 e. The van der Waals surface area contributed by atoms with Crippen LogP contribution >= 0.6 is 0 Å². The van der Waals surface area contributed by atoms with Crippen LogP contribution in [-0.2, 0) is 4.79 Å². The molecule has 0 spiro atoms. The molecule has 1 amide bonds. The van der Waals surface area contributed by atoms with Crippen LogP contribution in [0, 0.1) is 0 Å². The molecule has 12 heteroatoms. The van der Waals surface area contributed by atoms with Gasteiger partial charge in [0.2, 0.25) is 0 Å². The van der Waals surface area contributed by atoms with Crippen molar-refractivity contribution in [3.8, 4) is 0 Å². The highest BCUT2D eigenvalue weighted by Gasteiger charge is 2.84. The molecule has 3 nitrogen and oxygen atoms in total. The van der Waals surface area contributed by atoms with Crippen molar-refractivity contribution in [1.29, 1.82) is 0 Å². The highest BCUT2D eigenvalue weighted by Crippen LogP contribution is 2.53. The molecule has 1 heterocycles. The van der Waals surface area contributed by atoms with E-state index < -0.39 is 49.0 Å². The van der Waals surface area contributed by atoms with Gasteiger partial charge in [-0.1, -0.05) is 60.7 Å². The Morgan fingerprint density at radius 3 is 1.44 bits per heavy atom. The van der Waals surface area contributed by atoms with Crippen LogP contribution in [0.15, 0.2) is 60.7 Å². The number of rotatable bonds is 6. The van der Waals surface area contributed by atoms with E-state index in [1.54, 1.807) is 41.3 Å². The maximum atomic E-state index is 14.1. The summed E-state index contributed by atoms with van der Waals surface area (Å²) in [6.45, 7) is -1.37. The van der Waals surface area contributed by atoms with Crippen molar-refractivity contribution in [3.05, 3.63) is 71.8 Å². The number of alkyl halides is 9. The van der Waals surface area contributed by atoms with E-state index in [1.165, 1.54) is 0 Å². The first-order chi connectivity index (χ1) is 15.7. The Bertz CT molecular complexity index is 933. The molecule has 0 saturated carbocycles. The molecular weight excluding hydrogens is 479 g/mol. The summed E-state index contributed by atoms with van der Waals surface area (Å²) in [5, 5.41) is 0. The first-order valence-corrected chi connectivity index (χ1v) is 10.1. The highest BCUT2D eigenvalue weighted by molar-refractivity contribution is 5.85. The van der Waals surface area contributed by atoms with Crippen LogP contribution in [0.5, 0.6) is 0 Å². The summed E-state index contributed by atoms with van der Waals surface area (Å²) in [5.74, 6) is -23.1. The molecule has 0 atom stereocenters. The van der Waals surface area contributed by atoms with Crippen molar-refractivity contribution in [1.82, 2.24) is 9.80 Å². The molecule has 0 bridgehead atoms. The summed E-state index contributed by atoms with van der Waals surface area (Å²) in [6.07, 6.45) is -6.97. The number of nitrogens with zero attached hydrogens (tertiary/aromatic N) is 2. The summed E-state index contributed by atoms with van der Waals surface area (Å²) in [5.41, 5.74) is 1.63. The Morgan fingerprint density at radius 2 is 1.06 bits per heavy atom. The van der Waals surface area contributed by atoms with Crippen molar-refractivity contribution in [2.24, 2.45) is 0 Å². The monoisotopic (exact) mass is 498 g/mol. The minimum absolute atomic E-state index is 0.114. The number of hydrogen-bond donors (Lipinski definition) is 0. The summed E-state index contributed by atoms with van der Waals surface area (Å²) in [4.78, 5) is 14.0. The zero-order valence-corrected chi connectivity index (χ0v) is 17.4. The van der Waals surface area contributed by atoms with Gasteiger partial charge in [-0.2, -0.15) is 39.5 Å². The van der Waals surface area contributed by atoms with Crippen LogP contribution in [0.1, 0.15) is 17.2 Å². The van der Waals surface area contributed by atoms with Gasteiger partial charge in [-0.15, -0.1) is 0 Å². The topological polar surface area (TPSA) is 23.6 Å². The van der Waals surface area contributed by atoms with Crippen LogP contribution in [0.4, 0.5) is 39.5 Å². The van der Waals surface area contributed by atoms with E-state index in [2.05, 4.69) is 0 Å². The maximum absolute atomic E-state index is 14.1. The van der Waals surface area contributed by atoms with E-state index in [4.69, 9.17) is 0 Å². The van der Waals surface area contributed by atoms with Crippen LogP contribution in [0.2, 0.25) is 0 Å². The quantitative estimate of drug-likeness (QED) is 0.499. The van der Waals surface area contributed by atoms with Gasteiger partial charge in [0.25, 0.3) is 5.91 Å². The second-order valence-corrected chi connectivity index (χ2v) is 7.77. The van der Waals surface area contributed by atoms with Gasteiger partial charge in [0, 0.05) is 26.2 Å². The van der Waals surface area contributed by atoms with E-state index in [0.717, 1.165) is 11.1 Å². The summed E-state index contributed by atoms with van der Waals surface area (Å²) in [6, 6.07) is 17.5. The van der Waals surface area contributed by atoms with Gasteiger partial charge in [-0.05, 0) is 11.1 Å². The van der Waals surface area contributed by atoms with Crippen molar-refractivity contribution < 1.29 is 44.3 Å². The number of halogens is 9. The third-order valence-corrected chi connectivity index (χ3v) is 5.61. The van der Waals surface area contributed by atoms with Crippen LogP contribution in [0.3, 0.4) is 0 Å². The fourth-order valence-electron chi connectivity index (χ4n) is 3.78. The summed E-state index contributed by atoms with van der Waals surface area (Å²) < 4.78 is 119. The number of hydrogen-bond acceptors (Lipinski definition) is 2. The lowest BCUT2D eigenvalue weighted by atomic mass is 9.96. The third kappa shape index (κ3) is 4.47. The minimum Gasteiger partial charge on any atom is -0.335 e. The summed E-state index contributed by atoms with van der Waals surface area (Å²) in [7, 11) is 0. The molecule has 0 N–H and O–H groups in total. The Balaban J connectivity index is 1.80. The first kappa shape index (κ1) is 25.9. The molecule has 0 aliphatic carbocycles. The number of carbonyl (C=O) groups is 1. The normalized spacial score (nSPS) is 16.7. The second kappa shape index (κ2) is 9.12. The predicted octanol–water partition coefficient (Wildman–Crippen LogP) is 5.39. The lowest BCUT2D eigenvalue weighted by Gasteiger charge is -2.41. The van der Waals surface area contributed by atoms with Crippen LogP contribution in [0.25, 0.3) is 0 Å². The number of piperazine rings is 1. The van der Waals surface area contributed by atoms with Gasteiger partial charge in [-0.25, -0.2) is 0 Å². The van der Waals surface area contributed by atoms with E-state index in [9.17, 15) is 44.3 Å². The average Bonchev–Trinajstić information content (AvgIpc) is 2.79. The van der Waals surface area contributed by atoms with Gasteiger partial charge >= 0.3 is 23.9 Å². The Kier molecular flexibility index (Phi) is 6.94. The molecule has 34 heavy (non-hydrogen) atoms. The Labute approximate surface area is 188 Å². The molecule has 2 aromatic rings. The Morgan fingerprint density at radius 1 is 0.647 bits per heavy atom. The highest BCUT2D eigenvalue weighted by atomic mass is 19.4. The van der Waals surface area contributed by atoms with Crippen molar-refractivity contribution in [2.75, 3.05) is 26.2 Å². The van der Waals surface area contributed by atoms with Crippen LogP contribution in [-0.4, -0.2) is 65.8 Å². The fourth-order valence-corrected chi connectivity index (χ4v) is 3.78. The summed E-state index contributed by atoms with van der Waals surface area (Å²) >= 11 is 0. The molecule has 186 valence electrons. The van der Waals surface area contributed by atoms with Crippen molar-refractivity contribution >= 4 is 5.91 Å². The molecule has 0 unspecified atom stereocenters. The molecular formula is C22H19F9N2O. The fraction of sp³-hybridized carbons (Fsp3) is 0.409. The molecule has 2 aromatic carbocycles. The van der Waals surface area contributed by atoms with E-state index in [1.807, 2.05) is 24.3 Å². The van der Waals surface area contributed by atoms with Gasteiger partial charge in [0.05, 0.1) is 6.04 Å². The molecule has 3 rings (SSSR count). The molecule has 1 saturated heterocycles. The van der Waals surface area contributed by atoms with Gasteiger partial charge in [0.15, 0.2) is 0 Å². The standard InChI is InChI=1S/C22H19F9N2O/c23-19(24,20(25,26)21(27,28)22(29,30)31)18(34)33-13-11-32(12-14-33)17(15-7-3-1-4-8-15)16-9-5-2-6-10-16/h1-10,17H,11-14H2. The Hall–Kier alpha value is -2.76. The lowest BCUT2D eigenvalue weighted by Crippen LogP contribution is -2.66. The van der Waals surface area contributed by atoms with Gasteiger partial charge < -0.3 is 4.90 Å². The molecule has 1 aliphatic rings. The van der Waals surface area contributed by atoms with Crippen LogP contribution < -0.4 is 0 Å². The van der Waals surface area contributed by atoms with Crippen molar-refractivity contribution in [3.63, 3.8) is 0 Å². The third-order valence-electron chi connectivity index (χ3n) is 5.61. The van der Waals surface area contributed by atoms with Gasteiger partial charge in [0.1, 0.15) is 0 Å². The zero-order chi connectivity index (χ0) is 25.4. The lowest BCUT2D eigenvalue weighted by molar-refractivity contribution is -0.389. The molecule has 0 radical (unpaired) electrons. The second-order valence-electron chi connectivity index (χ2n) is 7.77. The molecule has 0 aromatic heterocycles. The van der Waals surface area contributed by atoms with Gasteiger partial charge in [-0.3, -0.25) is 9.69 Å². The van der Waals surface area contributed by atoms with E-state index >= 15 is 0 Å². The minimum atomic E-state index is -7.10. The van der Waals surface area contributed by atoms with Crippen molar-refractivity contribution in [2.45, 2.75) is 30.0 Å². The van der Waals surface area contributed by atoms with E-state index in [-0.39, 0.29) is 18.0 Å². The number of benzene rings is 2. The molecule has 1 aliphatic heterocycles. The average molecular weight is 498 g/mol. The predicted molar refractivity (Wildman–Crippen MR) is 104 cm³/mol. The number of carbonyl (C=O) groups excluding carboxylic acids is 1. The largest absolute Gasteiger partial charge is 0.460 e. The molecule has 1 fully saturated rings. The smallest absolute Gasteiger partial charge is 0.335 e. The van der Waals surface area contributed by atoms with E-state index in [0.29, 0.717) is 0 Å². The SMILES string of the molecule is O=C(N1CCN(C(c2ccccc2)c2ccccc2)CC1)C(F)(F)C(F)(F)C(F)(F)C(F)(F)F.